The van der Waals surface area contributed by atoms with Crippen molar-refractivity contribution in [3.05, 3.63) is 96.1 Å². The summed E-state index contributed by atoms with van der Waals surface area (Å²) in [5.74, 6) is -3.53. The lowest BCUT2D eigenvalue weighted by molar-refractivity contribution is -0.162. The summed E-state index contributed by atoms with van der Waals surface area (Å²) in [6.07, 6.45) is 7.13. The van der Waals surface area contributed by atoms with Crippen LogP contribution in [0.4, 0.5) is 0 Å². The topological polar surface area (TPSA) is 135 Å². The van der Waals surface area contributed by atoms with E-state index in [1.165, 1.54) is 7.11 Å². The number of nitrogens with zero attached hydrogens (tertiary/aromatic N) is 2. The van der Waals surface area contributed by atoms with Gasteiger partial charge in [0.2, 0.25) is 17.7 Å². The van der Waals surface area contributed by atoms with Gasteiger partial charge in [0.05, 0.1) is 24.7 Å². The molecule has 6 rings (SSSR count). The molecule has 0 aliphatic carbocycles. The van der Waals surface area contributed by atoms with Crippen LogP contribution < -0.4 is 5.32 Å². The molecule has 2 aromatic rings. The van der Waals surface area contributed by atoms with Gasteiger partial charge in [-0.2, -0.15) is 0 Å². The van der Waals surface area contributed by atoms with Gasteiger partial charge in [-0.3, -0.25) is 19.2 Å². The lowest BCUT2D eigenvalue weighted by atomic mass is 9.74. The molecule has 4 heterocycles. The van der Waals surface area contributed by atoms with Gasteiger partial charge in [-0.05, 0) is 30.4 Å². The monoisotopic (exact) mass is 657 g/mol. The highest BCUT2D eigenvalue weighted by atomic mass is 16.6. The zero-order valence-electron chi connectivity index (χ0n) is 27.1. The minimum atomic E-state index is -1.36. The van der Waals surface area contributed by atoms with Crippen LogP contribution in [0.1, 0.15) is 42.9 Å². The fourth-order valence-electron chi connectivity index (χ4n) is 7.49. The molecular formula is C37H43N3O8. The lowest BCUT2D eigenvalue weighted by Gasteiger charge is -2.36. The van der Waals surface area contributed by atoms with Crippen molar-refractivity contribution in [1.82, 2.24) is 15.1 Å². The van der Waals surface area contributed by atoms with Crippen molar-refractivity contribution < 1.29 is 38.5 Å². The van der Waals surface area contributed by atoms with Crippen molar-refractivity contribution >= 4 is 23.7 Å². The quantitative estimate of drug-likeness (QED) is 0.239. The number of ether oxygens (including phenoxy) is 3. The molecular weight excluding hydrogens is 614 g/mol. The smallest absolute Gasteiger partial charge is 0.313 e. The molecule has 4 aliphatic heterocycles. The molecule has 7 atom stereocenters. The van der Waals surface area contributed by atoms with E-state index in [1.54, 1.807) is 22.0 Å². The van der Waals surface area contributed by atoms with E-state index in [4.69, 9.17) is 14.2 Å². The number of carbonyl (C=O) groups excluding carboxylic acids is 4. The van der Waals surface area contributed by atoms with E-state index < -0.39 is 47.7 Å². The number of nitrogens with one attached hydrogen (secondary N) is 1. The molecule has 1 spiro atoms. The highest BCUT2D eigenvalue weighted by Crippen LogP contribution is 2.56. The first kappa shape index (κ1) is 33.6. The summed E-state index contributed by atoms with van der Waals surface area (Å²) < 4.78 is 18.3. The molecule has 0 saturated carbocycles. The average molecular weight is 658 g/mol. The Bertz CT molecular complexity index is 1530. The number of aliphatic hydroxyl groups excluding tert-OH is 1. The van der Waals surface area contributed by atoms with E-state index in [1.807, 2.05) is 72.8 Å². The molecule has 3 amide bonds. The largest absolute Gasteiger partial charge is 0.455 e. The molecule has 0 aromatic heterocycles. The number of benzene rings is 2. The SMILES string of the molecule is COC[C@@H]1NC(=O)CC/C=C\CN(Cc2ccccc2)C(=O)[C@H]2N(CCCCO)C(=O)[C@@H]3[C@@H](C(=O)O[C@H]1c1ccccc1)[C@H]1C=C[C@]32O1. The third kappa shape index (κ3) is 6.54. The Kier molecular flexibility index (Phi) is 10.4. The van der Waals surface area contributed by atoms with Gasteiger partial charge >= 0.3 is 5.97 Å². The van der Waals surface area contributed by atoms with Gasteiger partial charge in [0.25, 0.3) is 0 Å². The van der Waals surface area contributed by atoms with Gasteiger partial charge in [-0.25, -0.2) is 0 Å². The van der Waals surface area contributed by atoms with Crippen molar-refractivity contribution in [2.75, 3.05) is 33.4 Å². The van der Waals surface area contributed by atoms with Crippen LogP contribution in [0.25, 0.3) is 0 Å². The second-order valence-electron chi connectivity index (χ2n) is 12.8. The molecule has 2 N–H and O–H groups in total. The van der Waals surface area contributed by atoms with Crippen molar-refractivity contribution in [2.24, 2.45) is 11.8 Å². The van der Waals surface area contributed by atoms with Crippen molar-refractivity contribution in [3.8, 4) is 0 Å². The Morgan fingerprint density at radius 1 is 0.979 bits per heavy atom. The van der Waals surface area contributed by atoms with E-state index in [-0.39, 0.29) is 57.0 Å². The Morgan fingerprint density at radius 3 is 2.46 bits per heavy atom. The van der Waals surface area contributed by atoms with Crippen LogP contribution in [0.3, 0.4) is 0 Å². The van der Waals surface area contributed by atoms with Gasteiger partial charge in [0, 0.05) is 39.8 Å². The number of esters is 1. The molecule has 5 bridgehead atoms. The number of methoxy groups -OCH3 is 1. The summed E-state index contributed by atoms with van der Waals surface area (Å²) in [4.78, 5) is 59.9. The average Bonchev–Trinajstić information content (AvgIpc) is 3.74. The summed E-state index contributed by atoms with van der Waals surface area (Å²) in [7, 11) is 1.51. The number of likely N-dealkylation sites (tertiary alicyclic amines) is 1. The van der Waals surface area contributed by atoms with Crippen molar-refractivity contribution in [3.63, 3.8) is 0 Å². The number of carbonyl (C=O) groups is 4. The van der Waals surface area contributed by atoms with E-state index in [2.05, 4.69) is 5.32 Å². The summed E-state index contributed by atoms with van der Waals surface area (Å²) in [5.41, 5.74) is 0.212. The van der Waals surface area contributed by atoms with Crippen LogP contribution in [0.2, 0.25) is 0 Å². The van der Waals surface area contributed by atoms with Crippen LogP contribution >= 0.6 is 0 Å². The predicted molar refractivity (Wildman–Crippen MR) is 175 cm³/mol. The standard InChI is InChI=1S/C37H43N3O8/c1-46-24-27-32(26-15-7-3-8-16-26)47-36(45)30-28-18-19-37(48-28)31(30)34(43)40(21-11-12-22-41)33(37)35(44)39(23-25-13-5-2-6-14-25)20-10-4-9-17-29(42)38-27/h2-8,10,13-16,18-19,27-28,30-33,41H,9,11-12,17,20-24H2,1H3,(H,38,42)/b10-4-/t27-,28+,30-,31-,32-,33+,37-/m0/s1. The highest BCUT2D eigenvalue weighted by Gasteiger charge is 2.73. The first-order chi connectivity index (χ1) is 23.4. The van der Waals surface area contributed by atoms with Gasteiger partial charge in [-0.15, -0.1) is 0 Å². The number of aliphatic hydroxyl groups is 1. The summed E-state index contributed by atoms with van der Waals surface area (Å²) in [6, 6.07) is 17.0. The number of amides is 3. The van der Waals surface area contributed by atoms with Crippen LogP contribution in [-0.4, -0.2) is 95.8 Å². The third-order valence-electron chi connectivity index (χ3n) is 9.67. The summed E-state index contributed by atoms with van der Waals surface area (Å²) in [6.45, 7) is 0.784. The van der Waals surface area contributed by atoms with Gasteiger partial charge in [0.15, 0.2) is 0 Å². The number of rotatable bonds is 9. The fourth-order valence-corrected chi connectivity index (χ4v) is 7.49. The number of fused-ring (bicyclic) bond motifs is 2. The Balaban J connectivity index is 1.42. The molecule has 0 unspecified atom stereocenters. The summed E-state index contributed by atoms with van der Waals surface area (Å²) in [5, 5.41) is 12.5. The Hall–Kier alpha value is -4.32. The second kappa shape index (κ2) is 14.8. The number of cyclic esters (lactones) is 1. The Labute approximate surface area is 280 Å². The Morgan fingerprint density at radius 2 is 1.73 bits per heavy atom. The van der Waals surface area contributed by atoms with Crippen LogP contribution in [0.15, 0.2) is 85.0 Å². The highest BCUT2D eigenvalue weighted by molar-refractivity contribution is 5.99. The van der Waals surface area contributed by atoms with Crippen LogP contribution in [0.5, 0.6) is 0 Å². The third-order valence-corrected chi connectivity index (χ3v) is 9.67. The summed E-state index contributed by atoms with van der Waals surface area (Å²) >= 11 is 0. The van der Waals surface area contributed by atoms with Gasteiger partial charge in [-0.1, -0.05) is 85.0 Å². The second-order valence-corrected chi connectivity index (χ2v) is 12.8. The molecule has 2 saturated heterocycles. The first-order valence-electron chi connectivity index (χ1n) is 16.7. The minimum Gasteiger partial charge on any atom is -0.455 e. The normalized spacial score (nSPS) is 31.1. The molecule has 11 heteroatoms. The van der Waals surface area contributed by atoms with Crippen molar-refractivity contribution in [2.45, 2.75) is 62.1 Å². The molecule has 2 aromatic carbocycles. The van der Waals surface area contributed by atoms with E-state index in [0.29, 0.717) is 24.8 Å². The number of allylic oxidation sites excluding steroid dienone is 1. The molecule has 4 aliphatic rings. The van der Waals surface area contributed by atoms with Crippen LogP contribution in [-0.2, 0) is 39.9 Å². The zero-order valence-corrected chi connectivity index (χ0v) is 27.1. The molecule has 0 radical (unpaired) electrons. The number of unbranched alkanes of at least 4 members (excludes halogenated alkanes) is 1. The maximum absolute atomic E-state index is 14.7. The zero-order chi connectivity index (χ0) is 33.7. The molecule has 48 heavy (non-hydrogen) atoms. The van der Waals surface area contributed by atoms with Crippen molar-refractivity contribution in [1.29, 1.82) is 0 Å². The number of hydrogen-bond donors (Lipinski definition) is 2. The predicted octanol–water partition coefficient (Wildman–Crippen LogP) is 2.70. The van der Waals surface area contributed by atoms with E-state index in [9.17, 15) is 24.3 Å². The van der Waals surface area contributed by atoms with Gasteiger partial charge < -0.3 is 34.4 Å². The molecule has 2 fully saturated rings. The molecule has 254 valence electrons. The van der Waals surface area contributed by atoms with Crippen LogP contribution in [0, 0.1) is 11.8 Å². The maximum atomic E-state index is 14.7. The number of hydrogen-bond acceptors (Lipinski definition) is 8. The maximum Gasteiger partial charge on any atom is 0.313 e. The molecule has 11 nitrogen and oxygen atoms in total. The lowest BCUT2D eigenvalue weighted by Crippen LogP contribution is -2.55. The fraction of sp³-hybridized carbons (Fsp3) is 0.459. The first-order valence-corrected chi connectivity index (χ1v) is 16.7. The van der Waals surface area contributed by atoms with Gasteiger partial charge in [0.1, 0.15) is 23.7 Å². The minimum absolute atomic E-state index is 0.0480. The van der Waals surface area contributed by atoms with E-state index >= 15 is 0 Å². The van der Waals surface area contributed by atoms with E-state index in [0.717, 1.165) is 5.56 Å².